The number of carbonyl (C=O) groups is 1. The van der Waals surface area contributed by atoms with Gasteiger partial charge in [0.05, 0.1) is 12.0 Å². The lowest BCUT2D eigenvalue weighted by molar-refractivity contribution is -0.142. The summed E-state index contributed by atoms with van der Waals surface area (Å²) in [5.74, 6) is 0.409. The lowest BCUT2D eigenvalue weighted by Crippen LogP contribution is -2.52. The zero-order valence-electron chi connectivity index (χ0n) is 17.8. The topological polar surface area (TPSA) is 52.6 Å². The molecule has 6 nitrogen and oxygen atoms in total. The van der Waals surface area contributed by atoms with Crippen LogP contribution in [-0.2, 0) is 17.9 Å². The number of aromatic nitrogens is 2. The highest BCUT2D eigenvalue weighted by molar-refractivity contribution is 7.09. The molecule has 5 rings (SSSR count). The van der Waals surface area contributed by atoms with E-state index in [-0.39, 0.29) is 10.8 Å². The lowest BCUT2D eigenvalue weighted by Gasteiger charge is -2.47. The van der Waals surface area contributed by atoms with Crippen LogP contribution in [0.4, 0.5) is 0 Å². The fraction of sp³-hybridized carbons (Fsp3) is 0.609. The van der Waals surface area contributed by atoms with Crippen LogP contribution in [0, 0.1) is 10.8 Å². The van der Waals surface area contributed by atoms with Crippen LogP contribution >= 0.6 is 11.3 Å². The molecule has 2 aromatic rings. The third kappa shape index (κ3) is 3.37. The molecule has 0 aromatic carbocycles. The number of pyridine rings is 1. The number of carbonyl (C=O) groups excluding carboxylic acids is 1. The highest BCUT2D eigenvalue weighted by atomic mass is 32.1. The largest absolute Gasteiger partial charge is 0.342 e. The molecule has 0 radical (unpaired) electrons. The minimum atomic E-state index is -0.210. The average molecular weight is 426 g/mol. The second-order valence-corrected chi connectivity index (χ2v) is 10.2. The number of likely N-dealkylation sites (tertiary alicyclic amines) is 3. The number of hydrogen-bond donors (Lipinski definition) is 0. The first kappa shape index (κ1) is 20.1. The minimum absolute atomic E-state index is 0.0928. The number of amides is 1. The van der Waals surface area contributed by atoms with E-state index in [1.165, 1.54) is 10.6 Å². The van der Waals surface area contributed by atoms with Gasteiger partial charge in [-0.15, -0.1) is 11.3 Å². The lowest BCUT2D eigenvalue weighted by atomic mass is 9.60. The molecule has 0 saturated carbocycles. The molecule has 5 heterocycles. The first-order valence-corrected chi connectivity index (χ1v) is 12.0. The highest BCUT2D eigenvalue weighted by Crippen LogP contribution is 2.58. The van der Waals surface area contributed by atoms with E-state index < -0.39 is 0 Å². The number of piperidine rings is 1. The molecule has 0 N–H and O–H groups in total. The smallest absolute Gasteiger partial charge is 0.230 e. The Kier molecular flexibility index (Phi) is 5.37. The van der Waals surface area contributed by atoms with Gasteiger partial charge in [-0.1, -0.05) is 6.07 Å². The summed E-state index contributed by atoms with van der Waals surface area (Å²) in [6, 6.07) is 4.16. The molecule has 7 heteroatoms. The maximum absolute atomic E-state index is 13.6. The van der Waals surface area contributed by atoms with Gasteiger partial charge in [-0.25, -0.2) is 4.98 Å². The fourth-order valence-corrected chi connectivity index (χ4v) is 6.78. The Bertz CT molecular complexity index is 865. The van der Waals surface area contributed by atoms with Crippen molar-refractivity contribution in [2.75, 3.05) is 39.3 Å². The third-order valence-corrected chi connectivity index (χ3v) is 8.47. The van der Waals surface area contributed by atoms with Gasteiger partial charge in [0, 0.05) is 62.1 Å². The van der Waals surface area contributed by atoms with Crippen molar-refractivity contribution in [2.24, 2.45) is 10.8 Å². The zero-order chi connectivity index (χ0) is 20.6. The van der Waals surface area contributed by atoms with Crippen LogP contribution in [-0.4, -0.2) is 69.8 Å². The summed E-state index contributed by atoms with van der Waals surface area (Å²) in [6.45, 7) is 9.72. The molecule has 2 spiro atoms. The summed E-state index contributed by atoms with van der Waals surface area (Å²) < 4.78 is 0. The summed E-state index contributed by atoms with van der Waals surface area (Å²) in [5, 5.41) is 3.25. The van der Waals surface area contributed by atoms with Gasteiger partial charge < -0.3 is 4.90 Å². The molecule has 160 valence electrons. The molecular weight excluding hydrogens is 394 g/mol. The van der Waals surface area contributed by atoms with Crippen LogP contribution in [0.1, 0.15) is 36.8 Å². The van der Waals surface area contributed by atoms with E-state index in [4.69, 9.17) is 0 Å². The third-order valence-electron chi connectivity index (χ3n) is 7.71. The van der Waals surface area contributed by atoms with E-state index in [0.29, 0.717) is 5.91 Å². The molecule has 30 heavy (non-hydrogen) atoms. The van der Waals surface area contributed by atoms with Crippen molar-refractivity contribution in [3.63, 3.8) is 0 Å². The van der Waals surface area contributed by atoms with Crippen molar-refractivity contribution in [3.8, 4) is 0 Å². The molecule has 0 bridgehead atoms. The van der Waals surface area contributed by atoms with Crippen LogP contribution in [0.25, 0.3) is 0 Å². The predicted molar refractivity (Wildman–Crippen MR) is 118 cm³/mol. The molecule has 2 aromatic heterocycles. The molecule has 0 aliphatic carbocycles. The molecule has 3 aliphatic rings. The van der Waals surface area contributed by atoms with E-state index in [2.05, 4.69) is 43.0 Å². The van der Waals surface area contributed by atoms with Gasteiger partial charge in [-0.05, 0) is 50.9 Å². The van der Waals surface area contributed by atoms with Gasteiger partial charge in [-0.3, -0.25) is 19.6 Å². The monoisotopic (exact) mass is 425 g/mol. The first-order chi connectivity index (χ1) is 14.6. The molecule has 1 atom stereocenters. The molecule has 1 unspecified atom stereocenters. The molecule has 3 saturated heterocycles. The van der Waals surface area contributed by atoms with Crippen LogP contribution in [0.2, 0.25) is 0 Å². The summed E-state index contributed by atoms with van der Waals surface area (Å²) in [4.78, 5) is 29.5. The number of thiazole rings is 1. The number of hydrogen-bond acceptors (Lipinski definition) is 6. The van der Waals surface area contributed by atoms with Gasteiger partial charge in [0.15, 0.2) is 0 Å². The molecule has 3 aliphatic heterocycles. The van der Waals surface area contributed by atoms with Gasteiger partial charge in [0.25, 0.3) is 0 Å². The number of fused-ring (bicyclic) bond motifs is 1. The van der Waals surface area contributed by atoms with Crippen LogP contribution in [0.3, 0.4) is 0 Å². The predicted octanol–water partition coefficient (Wildman–Crippen LogP) is 2.87. The van der Waals surface area contributed by atoms with Gasteiger partial charge in [0.1, 0.15) is 5.01 Å². The summed E-state index contributed by atoms with van der Waals surface area (Å²) in [6.07, 6.45) is 8.90. The van der Waals surface area contributed by atoms with E-state index in [9.17, 15) is 4.79 Å². The van der Waals surface area contributed by atoms with Crippen molar-refractivity contribution in [2.45, 2.75) is 39.3 Å². The Morgan fingerprint density at radius 3 is 2.60 bits per heavy atom. The van der Waals surface area contributed by atoms with E-state index >= 15 is 0 Å². The molecular formula is C23H31N5OS. The summed E-state index contributed by atoms with van der Waals surface area (Å²) >= 11 is 1.74. The van der Waals surface area contributed by atoms with Crippen molar-refractivity contribution < 1.29 is 4.79 Å². The molecule has 1 amide bonds. The number of nitrogens with zero attached hydrogens (tertiary/aromatic N) is 5. The SMILES string of the molecule is CCN1CCC2(CN(Cc3cccnc3)CC23CCN(Cc2nccs2)CC3)C1=O. The quantitative estimate of drug-likeness (QED) is 0.737. The van der Waals surface area contributed by atoms with Gasteiger partial charge in [-0.2, -0.15) is 0 Å². The fourth-order valence-electron chi connectivity index (χ4n) is 6.12. The van der Waals surface area contributed by atoms with E-state index in [1.54, 1.807) is 11.3 Å². The van der Waals surface area contributed by atoms with Crippen LogP contribution < -0.4 is 0 Å². The number of rotatable bonds is 5. The van der Waals surface area contributed by atoms with Crippen molar-refractivity contribution >= 4 is 17.2 Å². The average Bonchev–Trinajstić information content (AvgIpc) is 3.46. The zero-order valence-corrected chi connectivity index (χ0v) is 18.6. The maximum Gasteiger partial charge on any atom is 0.230 e. The van der Waals surface area contributed by atoms with E-state index in [0.717, 1.165) is 71.6 Å². The first-order valence-electron chi connectivity index (χ1n) is 11.2. The van der Waals surface area contributed by atoms with Crippen molar-refractivity contribution in [1.82, 2.24) is 24.7 Å². The Hall–Kier alpha value is -1.83. The highest BCUT2D eigenvalue weighted by Gasteiger charge is 2.64. The Labute approximate surface area is 182 Å². The van der Waals surface area contributed by atoms with Crippen LogP contribution in [0.5, 0.6) is 0 Å². The van der Waals surface area contributed by atoms with Gasteiger partial charge >= 0.3 is 0 Å². The minimum Gasteiger partial charge on any atom is -0.342 e. The Balaban J connectivity index is 1.36. The van der Waals surface area contributed by atoms with Gasteiger partial charge in [0.2, 0.25) is 5.91 Å². The normalized spacial score (nSPS) is 27.0. The summed E-state index contributed by atoms with van der Waals surface area (Å²) in [5.41, 5.74) is 1.12. The van der Waals surface area contributed by atoms with Crippen molar-refractivity contribution in [3.05, 3.63) is 46.7 Å². The maximum atomic E-state index is 13.6. The molecule has 3 fully saturated rings. The Morgan fingerprint density at radius 1 is 1.07 bits per heavy atom. The Morgan fingerprint density at radius 2 is 1.93 bits per heavy atom. The van der Waals surface area contributed by atoms with Crippen LogP contribution in [0.15, 0.2) is 36.1 Å². The van der Waals surface area contributed by atoms with E-state index in [1.807, 2.05) is 24.7 Å². The second-order valence-electron chi connectivity index (χ2n) is 9.21. The standard InChI is InChI=1S/C23H31N5OS/c1-2-28-12-7-23(21(28)29)18-27(15-19-4-3-8-24-14-19)17-22(23)5-10-26(11-6-22)16-20-25-9-13-30-20/h3-4,8-9,13-14H,2,5-7,10-12,15-18H2,1H3. The summed E-state index contributed by atoms with van der Waals surface area (Å²) in [7, 11) is 0. The van der Waals surface area contributed by atoms with Crippen molar-refractivity contribution in [1.29, 1.82) is 0 Å². The second kappa shape index (κ2) is 8.02.